The maximum absolute atomic E-state index is 10.2. The van der Waals surface area contributed by atoms with Gasteiger partial charge < -0.3 is 5.11 Å². The Morgan fingerprint density at radius 3 is 2.40 bits per heavy atom. The summed E-state index contributed by atoms with van der Waals surface area (Å²) < 4.78 is 0. The van der Waals surface area contributed by atoms with Gasteiger partial charge in [0.15, 0.2) is 0 Å². The lowest BCUT2D eigenvalue weighted by atomic mass is 9.67. The fraction of sp³-hybridized carbons (Fsp3) is 1.00. The van der Waals surface area contributed by atoms with Crippen molar-refractivity contribution in [3.05, 3.63) is 0 Å². The van der Waals surface area contributed by atoms with Crippen molar-refractivity contribution in [2.75, 3.05) is 0 Å². The first-order chi connectivity index (χ1) is 7.06. The van der Waals surface area contributed by atoms with E-state index in [-0.39, 0.29) is 6.10 Å². The summed E-state index contributed by atoms with van der Waals surface area (Å²) in [6.07, 6.45) is 5.97. The van der Waals surface area contributed by atoms with Crippen LogP contribution in [0.1, 0.15) is 59.8 Å². The van der Waals surface area contributed by atoms with E-state index >= 15 is 0 Å². The maximum Gasteiger partial charge on any atom is 0.0571 e. The van der Waals surface area contributed by atoms with Gasteiger partial charge in [-0.1, -0.05) is 40.5 Å². The highest BCUT2D eigenvalue weighted by Gasteiger charge is 2.34. The molecule has 1 saturated carbocycles. The second kappa shape index (κ2) is 5.89. The van der Waals surface area contributed by atoms with Gasteiger partial charge in [-0.05, 0) is 42.9 Å². The van der Waals surface area contributed by atoms with Crippen LogP contribution in [-0.4, -0.2) is 11.2 Å². The summed E-state index contributed by atoms with van der Waals surface area (Å²) in [6.45, 7) is 9.13. The third kappa shape index (κ3) is 3.48. The summed E-state index contributed by atoms with van der Waals surface area (Å²) >= 11 is 0. The molecule has 0 spiro atoms. The molecule has 1 aliphatic rings. The van der Waals surface area contributed by atoms with Gasteiger partial charge in [0, 0.05) is 0 Å². The van der Waals surface area contributed by atoms with Crippen LogP contribution in [0, 0.1) is 23.7 Å². The molecule has 4 atom stereocenters. The molecule has 15 heavy (non-hydrogen) atoms. The molecule has 90 valence electrons. The Hall–Kier alpha value is -0.0400. The lowest BCUT2D eigenvalue weighted by molar-refractivity contribution is 0.0108. The molecule has 0 aliphatic heterocycles. The number of aliphatic hydroxyl groups excluding tert-OH is 1. The van der Waals surface area contributed by atoms with Crippen LogP contribution in [0.5, 0.6) is 0 Å². The molecule has 0 aromatic rings. The Labute approximate surface area is 95.3 Å². The smallest absolute Gasteiger partial charge is 0.0571 e. The molecule has 1 fully saturated rings. The minimum Gasteiger partial charge on any atom is -0.393 e. The number of rotatable bonds is 4. The van der Waals surface area contributed by atoms with E-state index < -0.39 is 0 Å². The zero-order valence-corrected chi connectivity index (χ0v) is 10.9. The fourth-order valence-corrected chi connectivity index (χ4v) is 3.23. The maximum atomic E-state index is 10.2. The second-order valence-corrected chi connectivity index (χ2v) is 5.85. The summed E-state index contributed by atoms with van der Waals surface area (Å²) in [5.41, 5.74) is 0. The molecule has 0 aromatic heterocycles. The molecule has 1 aliphatic carbocycles. The van der Waals surface area contributed by atoms with Crippen LogP contribution in [-0.2, 0) is 0 Å². The number of aliphatic hydroxyl groups is 1. The van der Waals surface area contributed by atoms with Crippen LogP contribution in [0.4, 0.5) is 0 Å². The number of hydrogen-bond acceptors (Lipinski definition) is 1. The van der Waals surface area contributed by atoms with Crippen LogP contribution < -0.4 is 0 Å². The normalized spacial score (nSPS) is 34.4. The predicted octanol–water partition coefficient (Wildman–Crippen LogP) is 3.86. The molecular formula is C14H28O. The first-order valence-corrected chi connectivity index (χ1v) is 6.74. The molecule has 0 amide bonds. The van der Waals surface area contributed by atoms with Crippen molar-refractivity contribution in [1.29, 1.82) is 0 Å². The van der Waals surface area contributed by atoms with E-state index in [4.69, 9.17) is 0 Å². The Balaban J connectivity index is 2.61. The van der Waals surface area contributed by atoms with Crippen LogP contribution in [0.3, 0.4) is 0 Å². The van der Waals surface area contributed by atoms with Crippen molar-refractivity contribution in [3.63, 3.8) is 0 Å². The first kappa shape index (κ1) is 13.0. The fourth-order valence-electron chi connectivity index (χ4n) is 3.23. The summed E-state index contributed by atoms with van der Waals surface area (Å²) in [5.74, 6) is 2.86. The first-order valence-electron chi connectivity index (χ1n) is 6.74. The monoisotopic (exact) mass is 212 g/mol. The quantitative estimate of drug-likeness (QED) is 0.750. The van der Waals surface area contributed by atoms with E-state index in [9.17, 15) is 5.11 Å². The van der Waals surface area contributed by atoms with Crippen molar-refractivity contribution < 1.29 is 5.11 Å². The van der Waals surface area contributed by atoms with Gasteiger partial charge in [-0.2, -0.15) is 0 Å². The lowest BCUT2D eigenvalue weighted by Crippen LogP contribution is -2.35. The Morgan fingerprint density at radius 1 is 1.20 bits per heavy atom. The van der Waals surface area contributed by atoms with Crippen LogP contribution in [0.25, 0.3) is 0 Å². The molecule has 1 rings (SSSR count). The molecule has 0 bridgehead atoms. The van der Waals surface area contributed by atoms with E-state index in [1.807, 2.05) is 0 Å². The Bertz CT molecular complexity index is 176. The second-order valence-electron chi connectivity index (χ2n) is 5.85. The average molecular weight is 212 g/mol. The minimum atomic E-state index is -0.0508. The largest absolute Gasteiger partial charge is 0.393 e. The van der Waals surface area contributed by atoms with Gasteiger partial charge in [-0.3, -0.25) is 0 Å². The van der Waals surface area contributed by atoms with E-state index in [0.29, 0.717) is 5.92 Å². The highest BCUT2D eigenvalue weighted by molar-refractivity contribution is 4.84. The van der Waals surface area contributed by atoms with Gasteiger partial charge in [0.1, 0.15) is 0 Å². The summed E-state index contributed by atoms with van der Waals surface area (Å²) in [5, 5.41) is 10.2. The van der Waals surface area contributed by atoms with Crippen LogP contribution in [0.15, 0.2) is 0 Å². The summed E-state index contributed by atoms with van der Waals surface area (Å²) in [6, 6.07) is 0. The lowest BCUT2D eigenvalue weighted by Gasteiger charge is -2.40. The molecule has 0 aromatic carbocycles. The molecule has 1 heteroatoms. The van der Waals surface area contributed by atoms with Crippen molar-refractivity contribution in [3.8, 4) is 0 Å². The molecule has 1 unspecified atom stereocenters. The molecule has 1 N–H and O–H groups in total. The van der Waals surface area contributed by atoms with Crippen LogP contribution >= 0.6 is 0 Å². The van der Waals surface area contributed by atoms with E-state index in [1.165, 1.54) is 19.3 Å². The Morgan fingerprint density at radius 2 is 1.87 bits per heavy atom. The van der Waals surface area contributed by atoms with Crippen LogP contribution in [0.2, 0.25) is 0 Å². The summed E-state index contributed by atoms with van der Waals surface area (Å²) in [4.78, 5) is 0. The zero-order valence-electron chi connectivity index (χ0n) is 10.9. The third-order valence-corrected chi connectivity index (χ3v) is 4.15. The van der Waals surface area contributed by atoms with Gasteiger partial charge in [-0.15, -0.1) is 0 Å². The molecule has 1 nitrogen and oxygen atoms in total. The van der Waals surface area contributed by atoms with Gasteiger partial charge in [-0.25, -0.2) is 0 Å². The highest BCUT2D eigenvalue weighted by atomic mass is 16.3. The molecule has 0 saturated heterocycles. The number of hydrogen-bond donors (Lipinski definition) is 1. The van der Waals surface area contributed by atoms with Crippen molar-refractivity contribution in [2.24, 2.45) is 23.7 Å². The van der Waals surface area contributed by atoms with Gasteiger partial charge in [0.25, 0.3) is 0 Å². The van der Waals surface area contributed by atoms with E-state index in [2.05, 4.69) is 27.7 Å². The average Bonchev–Trinajstić information content (AvgIpc) is 2.17. The van der Waals surface area contributed by atoms with Gasteiger partial charge >= 0.3 is 0 Å². The zero-order chi connectivity index (χ0) is 11.4. The molecule has 0 radical (unpaired) electrons. The topological polar surface area (TPSA) is 20.2 Å². The van der Waals surface area contributed by atoms with Gasteiger partial charge in [0.2, 0.25) is 0 Å². The van der Waals surface area contributed by atoms with Crippen molar-refractivity contribution in [2.45, 2.75) is 65.9 Å². The highest BCUT2D eigenvalue weighted by Crippen LogP contribution is 2.40. The standard InChI is InChI=1S/C14H28O/c1-5-6-14(15)13-9-11(4)7-8-12(13)10(2)3/h10-15H,5-9H2,1-4H3/t11-,12+,13-,14?/m1/s1. The molecule has 0 heterocycles. The SMILES string of the molecule is CCCC(O)[C@@H]1C[C@H](C)CC[C@H]1C(C)C. The minimum absolute atomic E-state index is 0.0508. The predicted molar refractivity (Wildman–Crippen MR) is 65.7 cm³/mol. The van der Waals surface area contributed by atoms with E-state index in [0.717, 1.165) is 30.6 Å². The van der Waals surface area contributed by atoms with E-state index in [1.54, 1.807) is 0 Å². The van der Waals surface area contributed by atoms with Gasteiger partial charge in [0.05, 0.1) is 6.10 Å². The third-order valence-electron chi connectivity index (χ3n) is 4.15. The Kier molecular flexibility index (Phi) is 5.11. The summed E-state index contributed by atoms with van der Waals surface area (Å²) in [7, 11) is 0. The molecular weight excluding hydrogens is 184 g/mol. The van der Waals surface area contributed by atoms with Crippen molar-refractivity contribution >= 4 is 0 Å². The van der Waals surface area contributed by atoms with Crippen molar-refractivity contribution in [1.82, 2.24) is 0 Å².